The summed E-state index contributed by atoms with van der Waals surface area (Å²) in [5.74, 6) is -2.05. The van der Waals surface area contributed by atoms with Crippen molar-refractivity contribution in [3.8, 4) is 0 Å². The maximum Gasteiger partial charge on any atom is 0.270 e. The van der Waals surface area contributed by atoms with Crippen molar-refractivity contribution in [2.75, 3.05) is 32.1 Å². The van der Waals surface area contributed by atoms with Gasteiger partial charge >= 0.3 is 0 Å². The van der Waals surface area contributed by atoms with Gasteiger partial charge in [0.05, 0.1) is 9.62 Å². The number of nitro benzene ring substituents is 1. The van der Waals surface area contributed by atoms with Crippen LogP contribution >= 0.6 is 11.3 Å². The molecule has 0 N–H and O–H groups in total. The number of carbonyl (C=O) groups excluding carboxylic acids is 1. The van der Waals surface area contributed by atoms with Crippen molar-refractivity contribution in [2.24, 2.45) is 0 Å². The topological polar surface area (TPSA) is 79.6 Å². The Labute approximate surface area is 163 Å². The summed E-state index contributed by atoms with van der Waals surface area (Å²) in [4.78, 5) is 30.8. The highest BCUT2D eigenvalue weighted by atomic mass is 32.1. The molecule has 146 valence electrons. The minimum atomic E-state index is -0.812. The van der Waals surface area contributed by atoms with Gasteiger partial charge in [0.1, 0.15) is 11.3 Å². The van der Waals surface area contributed by atoms with E-state index in [0.29, 0.717) is 6.54 Å². The molecule has 0 fully saturated rings. The molecule has 0 spiro atoms. The van der Waals surface area contributed by atoms with Crippen molar-refractivity contribution < 1.29 is 18.5 Å². The zero-order valence-corrected chi connectivity index (χ0v) is 15.9. The number of halogens is 2. The van der Waals surface area contributed by atoms with Crippen molar-refractivity contribution in [1.29, 1.82) is 0 Å². The maximum atomic E-state index is 14.0. The van der Waals surface area contributed by atoms with Gasteiger partial charge in [0.25, 0.3) is 11.6 Å². The molecule has 0 saturated heterocycles. The van der Waals surface area contributed by atoms with Gasteiger partial charge in [-0.25, -0.2) is 13.8 Å². The fourth-order valence-electron chi connectivity index (χ4n) is 2.55. The molecule has 0 aliphatic carbocycles. The molecule has 3 aromatic rings. The van der Waals surface area contributed by atoms with Crippen molar-refractivity contribution in [1.82, 2.24) is 9.88 Å². The molecule has 0 unspecified atom stereocenters. The van der Waals surface area contributed by atoms with Crippen LogP contribution in [0.1, 0.15) is 10.4 Å². The minimum absolute atomic E-state index is 0.0249. The Hall–Kier alpha value is -2.98. The van der Waals surface area contributed by atoms with Crippen molar-refractivity contribution >= 4 is 38.3 Å². The molecule has 1 amide bonds. The van der Waals surface area contributed by atoms with Gasteiger partial charge in [-0.2, -0.15) is 0 Å². The van der Waals surface area contributed by atoms with Crippen LogP contribution in [0.15, 0.2) is 36.4 Å². The highest BCUT2D eigenvalue weighted by molar-refractivity contribution is 7.22. The normalized spacial score (nSPS) is 11.2. The van der Waals surface area contributed by atoms with Crippen LogP contribution < -0.4 is 4.90 Å². The Morgan fingerprint density at radius 1 is 1.21 bits per heavy atom. The van der Waals surface area contributed by atoms with Gasteiger partial charge in [-0.1, -0.05) is 17.4 Å². The molecule has 10 heteroatoms. The molecule has 0 atom stereocenters. The quantitative estimate of drug-likeness (QED) is 0.461. The molecular weight excluding hydrogens is 390 g/mol. The first-order chi connectivity index (χ1) is 13.3. The molecule has 3 rings (SSSR count). The number of aromatic nitrogens is 1. The van der Waals surface area contributed by atoms with E-state index in [4.69, 9.17) is 0 Å². The monoisotopic (exact) mass is 406 g/mol. The predicted molar refractivity (Wildman–Crippen MR) is 103 cm³/mol. The zero-order chi connectivity index (χ0) is 20.4. The van der Waals surface area contributed by atoms with Crippen LogP contribution in [-0.4, -0.2) is 47.9 Å². The van der Waals surface area contributed by atoms with Crippen LogP contribution in [0.3, 0.4) is 0 Å². The van der Waals surface area contributed by atoms with E-state index in [2.05, 4.69) is 4.98 Å². The van der Waals surface area contributed by atoms with Crippen LogP contribution in [0, 0.1) is 21.7 Å². The van der Waals surface area contributed by atoms with Gasteiger partial charge in [-0.3, -0.25) is 19.8 Å². The van der Waals surface area contributed by atoms with E-state index >= 15 is 0 Å². The van der Waals surface area contributed by atoms with Gasteiger partial charge in [0.2, 0.25) is 0 Å². The second kappa shape index (κ2) is 7.95. The Morgan fingerprint density at radius 2 is 1.96 bits per heavy atom. The average Bonchev–Trinajstić information content (AvgIpc) is 3.05. The lowest BCUT2D eigenvalue weighted by atomic mass is 10.2. The second-order valence-electron chi connectivity index (χ2n) is 6.30. The average molecular weight is 406 g/mol. The molecular formula is C18H16F2N4O3S. The Bertz CT molecular complexity index is 1050. The molecule has 0 saturated carbocycles. The number of nitrogens with zero attached hydrogens (tertiary/aromatic N) is 4. The maximum absolute atomic E-state index is 14.0. The van der Waals surface area contributed by atoms with Gasteiger partial charge in [-0.05, 0) is 26.2 Å². The number of hydrogen-bond donors (Lipinski definition) is 0. The third-order valence-corrected chi connectivity index (χ3v) is 4.98. The Morgan fingerprint density at radius 3 is 2.64 bits per heavy atom. The van der Waals surface area contributed by atoms with Crippen LogP contribution in [0.5, 0.6) is 0 Å². The molecule has 0 bridgehead atoms. The third-order valence-electron chi connectivity index (χ3n) is 3.95. The van der Waals surface area contributed by atoms with Crippen LogP contribution in [0.4, 0.5) is 19.6 Å². The van der Waals surface area contributed by atoms with Crippen LogP contribution in [0.25, 0.3) is 10.2 Å². The highest BCUT2D eigenvalue weighted by Crippen LogP contribution is 2.32. The smallest absolute Gasteiger partial charge is 0.270 e. The number of amides is 1. The first kappa shape index (κ1) is 19.8. The number of likely N-dealkylation sites (N-methyl/N-ethyl adjacent to an activating group) is 1. The van der Waals surface area contributed by atoms with Crippen LogP contribution in [-0.2, 0) is 0 Å². The van der Waals surface area contributed by atoms with Gasteiger partial charge < -0.3 is 4.90 Å². The predicted octanol–water partition coefficient (Wildman–Crippen LogP) is 3.69. The molecule has 28 heavy (non-hydrogen) atoms. The number of fused-ring (bicyclic) bond motifs is 1. The fourth-order valence-corrected chi connectivity index (χ4v) is 3.58. The van der Waals surface area contributed by atoms with E-state index in [0.717, 1.165) is 23.5 Å². The third kappa shape index (κ3) is 4.12. The van der Waals surface area contributed by atoms with E-state index in [1.54, 1.807) is 0 Å². The number of rotatable bonds is 6. The van der Waals surface area contributed by atoms with E-state index in [1.165, 1.54) is 29.2 Å². The molecule has 0 aliphatic heterocycles. The summed E-state index contributed by atoms with van der Waals surface area (Å²) in [6.07, 6.45) is 0. The van der Waals surface area contributed by atoms with E-state index in [1.807, 2.05) is 19.0 Å². The first-order valence-corrected chi connectivity index (χ1v) is 9.04. The lowest BCUT2D eigenvalue weighted by Crippen LogP contribution is -2.36. The lowest BCUT2D eigenvalue weighted by molar-refractivity contribution is -0.384. The standard InChI is InChI=1S/C18H16F2N4O3S/c1-22(2)6-7-23(17(25)11-4-3-5-13(8-11)24(26)27)18-21-16-14(20)9-12(19)10-15(16)28-18/h3-5,8-10H,6-7H2,1-2H3. The van der Waals surface area contributed by atoms with Gasteiger partial charge in [-0.15, -0.1) is 0 Å². The zero-order valence-electron chi connectivity index (χ0n) is 15.1. The molecule has 0 radical (unpaired) electrons. The summed E-state index contributed by atoms with van der Waals surface area (Å²) in [5.41, 5.74) is -0.127. The summed E-state index contributed by atoms with van der Waals surface area (Å²) in [6.45, 7) is 0.700. The van der Waals surface area contributed by atoms with Crippen molar-refractivity contribution in [3.63, 3.8) is 0 Å². The van der Waals surface area contributed by atoms with Crippen LogP contribution in [0.2, 0.25) is 0 Å². The van der Waals surface area contributed by atoms with E-state index in [9.17, 15) is 23.7 Å². The number of carbonyl (C=O) groups is 1. The Balaban J connectivity index is 2.04. The largest absolute Gasteiger partial charge is 0.308 e. The van der Waals surface area contributed by atoms with Gasteiger partial charge in [0.15, 0.2) is 10.9 Å². The summed E-state index contributed by atoms with van der Waals surface area (Å²) in [7, 11) is 3.65. The Kier molecular flexibility index (Phi) is 5.61. The molecule has 0 aliphatic rings. The van der Waals surface area contributed by atoms with E-state index < -0.39 is 22.5 Å². The second-order valence-corrected chi connectivity index (χ2v) is 7.31. The number of non-ortho nitro benzene ring substituents is 1. The number of nitro groups is 1. The van der Waals surface area contributed by atoms with E-state index in [-0.39, 0.29) is 33.1 Å². The molecule has 2 aromatic carbocycles. The van der Waals surface area contributed by atoms with Crippen molar-refractivity contribution in [2.45, 2.75) is 0 Å². The summed E-state index contributed by atoms with van der Waals surface area (Å²) in [6, 6.07) is 7.24. The lowest BCUT2D eigenvalue weighted by Gasteiger charge is -2.22. The first-order valence-electron chi connectivity index (χ1n) is 8.23. The SMILES string of the molecule is CN(C)CCN(C(=O)c1cccc([N+](=O)[O-])c1)c1nc2c(F)cc(F)cc2s1. The molecule has 7 nitrogen and oxygen atoms in total. The summed E-state index contributed by atoms with van der Waals surface area (Å²) >= 11 is 0.980. The number of benzene rings is 2. The molecule has 1 heterocycles. The number of hydrogen-bond acceptors (Lipinski definition) is 6. The molecule has 1 aromatic heterocycles. The number of anilines is 1. The summed E-state index contributed by atoms with van der Waals surface area (Å²) in [5, 5.41) is 11.2. The fraction of sp³-hybridized carbons (Fsp3) is 0.222. The van der Waals surface area contributed by atoms with Crippen molar-refractivity contribution in [3.05, 3.63) is 63.7 Å². The van der Waals surface area contributed by atoms with Gasteiger partial charge in [0, 0.05) is 36.9 Å². The number of thiazole rings is 1. The minimum Gasteiger partial charge on any atom is -0.308 e. The highest BCUT2D eigenvalue weighted by Gasteiger charge is 2.24. The summed E-state index contributed by atoms with van der Waals surface area (Å²) < 4.78 is 27.8.